The first-order chi connectivity index (χ1) is 8.58. The number of benzene rings is 1. The molecular formula is C13H12N2O3. The van der Waals surface area contributed by atoms with Gasteiger partial charge in [-0.3, -0.25) is 4.79 Å². The zero-order valence-electron chi connectivity index (χ0n) is 9.59. The Labute approximate surface area is 104 Å². The van der Waals surface area contributed by atoms with Gasteiger partial charge in [-0.15, -0.1) is 6.58 Å². The van der Waals surface area contributed by atoms with Crippen LogP contribution in [0.25, 0.3) is 0 Å². The second-order valence-electron chi connectivity index (χ2n) is 3.58. The van der Waals surface area contributed by atoms with Gasteiger partial charge in [-0.1, -0.05) is 6.08 Å². The summed E-state index contributed by atoms with van der Waals surface area (Å²) in [6.45, 7) is 3.43. The third kappa shape index (κ3) is 3.46. The number of nitrogens with one attached hydrogen (secondary N) is 1. The lowest BCUT2D eigenvalue weighted by Gasteiger charge is -2.12. The maximum atomic E-state index is 11.7. The van der Waals surface area contributed by atoms with Crippen molar-refractivity contribution in [2.24, 2.45) is 0 Å². The van der Waals surface area contributed by atoms with Crippen LogP contribution in [0.3, 0.4) is 0 Å². The number of nitrogens with zero attached hydrogens (tertiary/aromatic N) is 1. The largest absolute Gasteiger partial charge is 0.480 e. The van der Waals surface area contributed by atoms with Crippen LogP contribution < -0.4 is 5.32 Å². The molecule has 0 aromatic heterocycles. The van der Waals surface area contributed by atoms with Crippen LogP contribution in [0.4, 0.5) is 0 Å². The lowest BCUT2D eigenvalue weighted by atomic mass is 10.1. The van der Waals surface area contributed by atoms with E-state index in [1.54, 1.807) is 0 Å². The normalized spacial score (nSPS) is 11.1. The zero-order valence-corrected chi connectivity index (χ0v) is 9.59. The minimum Gasteiger partial charge on any atom is -0.480 e. The Morgan fingerprint density at radius 1 is 1.44 bits per heavy atom. The fourth-order valence-electron chi connectivity index (χ4n) is 1.33. The van der Waals surface area contributed by atoms with Crippen molar-refractivity contribution in [3.63, 3.8) is 0 Å². The van der Waals surface area contributed by atoms with Gasteiger partial charge in [0.25, 0.3) is 5.91 Å². The van der Waals surface area contributed by atoms with Crippen LogP contribution in [0.2, 0.25) is 0 Å². The van der Waals surface area contributed by atoms with Gasteiger partial charge in [-0.05, 0) is 30.7 Å². The Bertz CT molecular complexity index is 500. The van der Waals surface area contributed by atoms with Crippen LogP contribution in [0, 0.1) is 11.3 Å². The number of aliphatic carboxylic acids is 1. The van der Waals surface area contributed by atoms with Crippen molar-refractivity contribution < 1.29 is 14.7 Å². The highest BCUT2D eigenvalue weighted by Gasteiger charge is 2.18. The SMILES string of the molecule is C=CCC(NC(=O)c1ccc(C#N)cc1)C(=O)O. The summed E-state index contributed by atoms with van der Waals surface area (Å²) in [6.07, 6.45) is 1.58. The van der Waals surface area contributed by atoms with Crippen molar-refractivity contribution >= 4 is 11.9 Å². The molecule has 92 valence electrons. The molecule has 0 heterocycles. The molecule has 1 unspecified atom stereocenters. The molecular weight excluding hydrogens is 232 g/mol. The van der Waals surface area contributed by atoms with Crippen LogP contribution in [0.5, 0.6) is 0 Å². The highest BCUT2D eigenvalue weighted by molar-refractivity contribution is 5.96. The molecule has 0 spiro atoms. The molecule has 0 bridgehead atoms. The van der Waals surface area contributed by atoms with E-state index in [9.17, 15) is 9.59 Å². The van der Waals surface area contributed by atoms with E-state index in [2.05, 4.69) is 11.9 Å². The van der Waals surface area contributed by atoms with Crippen LogP contribution in [0.15, 0.2) is 36.9 Å². The van der Waals surface area contributed by atoms with Crippen molar-refractivity contribution in [3.8, 4) is 6.07 Å². The number of carboxylic acid groups (broad SMARTS) is 1. The van der Waals surface area contributed by atoms with Crippen molar-refractivity contribution in [1.82, 2.24) is 5.32 Å². The summed E-state index contributed by atoms with van der Waals surface area (Å²) < 4.78 is 0. The summed E-state index contributed by atoms with van der Waals surface area (Å²) in [4.78, 5) is 22.6. The molecule has 0 saturated heterocycles. The van der Waals surface area contributed by atoms with Crippen molar-refractivity contribution in [2.75, 3.05) is 0 Å². The van der Waals surface area contributed by atoms with Gasteiger partial charge in [0.2, 0.25) is 0 Å². The van der Waals surface area contributed by atoms with E-state index in [0.717, 1.165) is 0 Å². The second-order valence-corrected chi connectivity index (χ2v) is 3.58. The van der Waals surface area contributed by atoms with Crippen molar-refractivity contribution in [1.29, 1.82) is 5.26 Å². The third-order valence-corrected chi connectivity index (χ3v) is 2.28. The topological polar surface area (TPSA) is 90.2 Å². The van der Waals surface area contributed by atoms with Crippen LogP contribution >= 0.6 is 0 Å². The van der Waals surface area contributed by atoms with E-state index >= 15 is 0 Å². The van der Waals surface area contributed by atoms with E-state index in [1.165, 1.54) is 30.3 Å². The second kappa shape index (κ2) is 6.21. The average molecular weight is 244 g/mol. The number of carbonyl (C=O) groups excluding carboxylic acids is 1. The predicted octanol–water partition coefficient (Wildman–Crippen LogP) is 1.32. The van der Waals surface area contributed by atoms with Gasteiger partial charge in [-0.25, -0.2) is 4.79 Å². The maximum absolute atomic E-state index is 11.7. The molecule has 1 aromatic rings. The molecule has 0 aliphatic heterocycles. The predicted molar refractivity (Wildman–Crippen MR) is 64.9 cm³/mol. The van der Waals surface area contributed by atoms with E-state index in [-0.39, 0.29) is 6.42 Å². The van der Waals surface area contributed by atoms with Gasteiger partial charge in [0.1, 0.15) is 6.04 Å². The number of carboxylic acids is 1. The summed E-state index contributed by atoms with van der Waals surface area (Å²) in [6, 6.07) is 6.88. The fourth-order valence-corrected chi connectivity index (χ4v) is 1.33. The molecule has 1 atom stereocenters. The summed E-state index contributed by atoms with van der Waals surface area (Å²) in [5, 5.41) is 19.9. The Morgan fingerprint density at radius 2 is 2.06 bits per heavy atom. The molecule has 0 aliphatic rings. The highest BCUT2D eigenvalue weighted by Crippen LogP contribution is 2.04. The summed E-state index contributed by atoms with van der Waals surface area (Å²) in [5.41, 5.74) is 0.747. The lowest BCUT2D eigenvalue weighted by Crippen LogP contribution is -2.40. The minimum atomic E-state index is -1.11. The Kier molecular flexibility index (Phi) is 4.64. The first-order valence-corrected chi connectivity index (χ1v) is 5.23. The monoisotopic (exact) mass is 244 g/mol. The lowest BCUT2D eigenvalue weighted by molar-refractivity contribution is -0.139. The molecule has 1 aromatic carbocycles. The number of rotatable bonds is 5. The first-order valence-electron chi connectivity index (χ1n) is 5.23. The average Bonchev–Trinajstić information content (AvgIpc) is 2.38. The summed E-state index contributed by atoms with van der Waals surface area (Å²) >= 11 is 0. The molecule has 1 amide bonds. The number of carbonyl (C=O) groups is 2. The Morgan fingerprint density at radius 3 is 2.50 bits per heavy atom. The number of amides is 1. The van der Waals surface area contributed by atoms with Crippen molar-refractivity contribution in [2.45, 2.75) is 12.5 Å². The Hall–Kier alpha value is -2.61. The molecule has 1 rings (SSSR count). The number of hydrogen-bond donors (Lipinski definition) is 2. The third-order valence-electron chi connectivity index (χ3n) is 2.28. The van der Waals surface area contributed by atoms with E-state index in [4.69, 9.17) is 10.4 Å². The molecule has 0 radical (unpaired) electrons. The zero-order chi connectivity index (χ0) is 13.5. The van der Waals surface area contributed by atoms with Crippen LogP contribution in [-0.4, -0.2) is 23.0 Å². The first kappa shape index (κ1) is 13.5. The molecule has 5 nitrogen and oxygen atoms in total. The van der Waals surface area contributed by atoms with Gasteiger partial charge >= 0.3 is 5.97 Å². The molecule has 2 N–H and O–H groups in total. The van der Waals surface area contributed by atoms with E-state index < -0.39 is 17.9 Å². The van der Waals surface area contributed by atoms with Crippen LogP contribution in [0.1, 0.15) is 22.3 Å². The Balaban J connectivity index is 2.77. The quantitative estimate of drug-likeness (QED) is 0.764. The van der Waals surface area contributed by atoms with Gasteiger partial charge in [-0.2, -0.15) is 5.26 Å². The summed E-state index contributed by atoms with van der Waals surface area (Å²) in [7, 11) is 0. The van der Waals surface area contributed by atoms with E-state index in [1.807, 2.05) is 6.07 Å². The summed E-state index contributed by atoms with van der Waals surface area (Å²) in [5.74, 6) is -1.61. The number of hydrogen-bond acceptors (Lipinski definition) is 3. The fraction of sp³-hybridized carbons (Fsp3) is 0.154. The molecule has 0 saturated carbocycles. The van der Waals surface area contributed by atoms with Gasteiger partial charge < -0.3 is 10.4 Å². The highest BCUT2D eigenvalue weighted by atomic mass is 16.4. The van der Waals surface area contributed by atoms with Gasteiger partial charge in [0, 0.05) is 5.56 Å². The minimum absolute atomic E-state index is 0.150. The molecule has 18 heavy (non-hydrogen) atoms. The van der Waals surface area contributed by atoms with Gasteiger partial charge in [0.05, 0.1) is 11.6 Å². The maximum Gasteiger partial charge on any atom is 0.326 e. The standard InChI is InChI=1S/C13H12N2O3/c1-2-3-11(13(17)18)15-12(16)10-6-4-9(8-14)5-7-10/h2,4-7,11H,1,3H2,(H,15,16)(H,17,18). The smallest absolute Gasteiger partial charge is 0.326 e. The molecule has 5 heteroatoms. The molecule has 0 fully saturated rings. The van der Waals surface area contributed by atoms with Crippen molar-refractivity contribution in [3.05, 3.63) is 48.0 Å². The number of nitriles is 1. The van der Waals surface area contributed by atoms with E-state index in [0.29, 0.717) is 11.1 Å². The van der Waals surface area contributed by atoms with Crippen LogP contribution in [-0.2, 0) is 4.79 Å². The van der Waals surface area contributed by atoms with Gasteiger partial charge in [0.15, 0.2) is 0 Å². The molecule has 0 aliphatic carbocycles.